The summed E-state index contributed by atoms with van der Waals surface area (Å²) in [6.45, 7) is 3.11. The number of benzene rings is 2. The normalized spacial score (nSPS) is 18.1. The number of nitrogens with zero attached hydrogens (tertiary/aromatic N) is 3. The molecule has 0 aliphatic carbocycles. The van der Waals surface area contributed by atoms with Gasteiger partial charge in [0.05, 0.1) is 37.2 Å². The highest BCUT2D eigenvalue weighted by Gasteiger charge is 2.36. The summed E-state index contributed by atoms with van der Waals surface area (Å²) in [5.74, 6) is -0.805. The molecule has 8 heteroatoms. The SMILES string of the molecule is O=C(c1ccc2c(c1)CCN2CC(=CF)CN1C(=O)c2ccccc2C1=O)N1CCOCC1. The van der Waals surface area contributed by atoms with Crippen LogP contribution in [0, 0.1) is 0 Å². The summed E-state index contributed by atoms with van der Waals surface area (Å²) in [7, 11) is 0. The molecule has 0 bridgehead atoms. The largest absolute Gasteiger partial charge is 0.378 e. The molecular formula is C25H24FN3O4. The van der Waals surface area contributed by atoms with E-state index in [9.17, 15) is 18.8 Å². The Labute approximate surface area is 191 Å². The van der Waals surface area contributed by atoms with Gasteiger partial charge in [0.1, 0.15) is 0 Å². The van der Waals surface area contributed by atoms with Crippen molar-refractivity contribution in [3.63, 3.8) is 0 Å². The molecule has 0 saturated carbocycles. The molecule has 1 saturated heterocycles. The van der Waals surface area contributed by atoms with E-state index >= 15 is 0 Å². The molecule has 0 aromatic heterocycles. The molecule has 0 atom stereocenters. The Bertz CT molecular complexity index is 1120. The fraction of sp³-hybridized carbons (Fsp3) is 0.320. The highest BCUT2D eigenvalue weighted by molar-refractivity contribution is 6.21. The molecule has 1 fully saturated rings. The fourth-order valence-corrected chi connectivity index (χ4v) is 4.67. The predicted octanol–water partition coefficient (Wildman–Crippen LogP) is 2.67. The number of halogens is 1. The average molecular weight is 449 g/mol. The summed E-state index contributed by atoms with van der Waals surface area (Å²) in [6, 6.07) is 12.3. The van der Waals surface area contributed by atoms with E-state index in [1.807, 2.05) is 17.0 Å². The van der Waals surface area contributed by atoms with Gasteiger partial charge >= 0.3 is 0 Å². The third-order valence-electron chi connectivity index (χ3n) is 6.40. The van der Waals surface area contributed by atoms with Gasteiger partial charge in [-0.2, -0.15) is 0 Å². The van der Waals surface area contributed by atoms with E-state index in [1.165, 1.54) is 0 Å². The third kappa shape index (κ3) is 3.91. The Morgan fingerprint density at radius 3 is 2.33 bits per heavy atom. The second kappa shape index (κ2) is 8.78. The summed E-state index contributed by atoms with van der Waals surface area (Å²) in [5, 5.41) is 0. The molecule has 3 aliphatic rings. The molecule has 7 nitrogen and oxygen atoms in total. The van der Waals surface area contributed by atoms with Crippen LogP contribution in [-0.4, -0.2) is 73.5 Å². The zero-order chi connectivity index (χ0) is 22.9. The number of fused-ring (bicyclic) bond motifs is 2. The van der Waals surface area contributed by atoms with Crippen LogP contribution < -0.4 is 4.90 Å². The van der Waals surface area contributed by atoms with Crippen LogP contribution in [0.15, 0.2) is 54.4 Å². The summed E-state index contributed by atoms with van der Waals surface area (Å²) in [6.07, 6.45) is 1.23. The lowest BCUT2D eigenvalue weighted by molar-refractivity contribution is 0.0303. The number of rotatable bonds is 5. The van der Waals surface area contributed by atoms with Crippen LogP contribution in [0.2, 0.25) is 0 Å². The van der Waals surface area contributed by atoms with E-state index in [2.05, 4.69) is 0 Å². The molecule has 0 spiro atoms. The van der Waals surface area contributed by atoms with Crippen LogP contribution in [0.1, 0.15) is 36.6 Å². The number of hydrogen-bond donors (Lipinski definition) is 0. The zero-order valence-corrected chi connectivity index (χ0v) is 18.1. The maximum Gasteiger partial charge on any atom is 0.261 e. The molecule has 33 heavy (non-hydrogen) atoms. The first kappa shape index (κ1) is 21.3. The lowest BCUT2D eigenvalue weighted by atomic mass is 10.1. The number of hydrogen-bond acceptors (Lipinski definition) is 5. The van der Waals surface area contributed by atoms with Gasteiger partial charge < -0.3 is 14.5 Å². The molecule has 0 N–H and O–H groups in total. The molecule has 5 rings (SSSR count). The topological polar surface area (TPSA) is 70.2 Å². The average Bonchev–Trinajstić information content (AvgIpc) is 3.37. The Kier molecular flexibility index (Phi) is 5.68. The van der Waals surface area contributed by atoms with Crippen LogP contribution in [0.5, 0.6) is 0 Å². The lowest BCUT2D eigenvalue weighted by Crippen LogP contribution is -2.40. The molecule has 0 radical (unpaired) electrons. The molecule has 3 amide bonds. The summed E-state index contributed by atoms with van der Waals surface area (Å²) < 4.78 is 19.1. The highest BCUT2D eigenvalue weighted by Crippen LogP contribution is 2.31. The lowest BCUT2D eigenvalue weighted by Gasteiger charge is -2.27. The van der Waals surface area contributed by atoms with Crippen molar-refractivity contribution in [3.8, 4) is 0 Å². The van der Waals surface area contributed by atoms with Crippen molar-refractivity contribution >= 4 is 23.4 Å². The van der Waals surface area contributed by atoms with Gasteiger partial charge in [0, 0.05) is 37.4 Å². The third-order valence-corrected chi connectivity index (χ3v) is 6.40. The van der Waals surface area contributed by atoms with Crippen LogP contribution in [0.25, 0.3) is 0 Å². The predicted molar refractivity (Wildman–Crippen MR) is 120 cm³/mol. The first-order chi connectivity index (χ1) is 16.1. The van der Waals surface area contributed by atoms with Gasteiger partial charge in [0.15, 0.2) is 0 Å². The Morgan fingerprint density at radius 1 is 0.970 bits per heavy atom. The summed E-state index contributed by atoms with van der Waals surface area (Å²) in [4.78, 5) is 42.9. The number of ether oxygens (including phenoxy) is 1. The minimum Gasteiger partial charge on any atom is -0.378 e. The van der Waals surface area contributed by atoms with E-state index in [0.717, 1.165) is 22.6 Å². The molecule has 2 aromatic rings. The number of carbonyl (C=O) groups excluding carboxylic acids is 3. The van der Waals surface area contributed by atoms with Crippen molar-refractivity contribution in [2.45, 2.75) is 6.42 Å². The van der Waals surface area contributed by atoms with E-state index in [4.69, 9.17) is 4.74 Å². The molecule has 0 unspecified atom stereocenters. The molecule has 2 aromatic carbocycles. The van der Waals surface area contributed by atoms with E-state index in [0.29, 0.717) is 61.4 Å². The smallest absolute Gasteiger partial charge is 0.261 e. The standard InChI is InChI=1S/C25H24FN3O4/c26-14-17(16-29-24(31)20-3-1-2-4-21(20)25(29)32)15-28-8-7-18-13-19(5-6-22(18)28)23(30)27-9-11-33-12-10-27/h1-6,13-14H,7-12,15-16H2. The summed E-state index contributed by atoms with van der Waals surface area (Å²) >= 11 is 0. The number of imide groups is 1. The second-order valence-corrected chi connectivity index (χ2v) is 8.43. The van der Waals surface area contributed by atoms with Crippen molar-refractivity contribution in [1.82, 2.24) is 9.80 Å². The Balaban J connectivity index is 1.27. The van der Waals surface area contributed by atoms with Crippen LogP contribution in [0.3, 0.4) is 0 Å². The van der Waals surface area contributed by atoms with Gasteiger partial charge in [-0.1, -0.05) is 12.1 Å². The van der Waals surface area contributed by atoms with Gasteiger partial charge in [0.2, 0.25) is 0 Å². The fourth-order valence-electron chi connectivity index (χ4n) is 4.67. The van der Waals surface area contributed by atoms with Gasteiger partial charge in [-0.15, -0.1) is 0 Å². The van der Waals surface area contributed by atoms with E-state index in [-0.39, 0.29) is 19.0 Å². The maximum absolute atomic E-state index is 13.8. The minimum absolute atomic E-state index is 0.00508. The maximum atomic E-state index is 13.8. The minimum atomic E-state index is -0.400. The quantitative estimate of drug-likeness (QED) is 0.657. The first-order valence-corrected chi connectivity index (χ1v) is 11.0. The van der Waals surface area contributed by atoms with Crippen molar-refractivity contribution < 1.29 is 23.5 Å². The first-order valence-electron chi connectivity index (χ1n) is 11.0. The summed E-state index contributed by atoms with van der Waals surface area (Å²) in [5.41, 5.74) is 3.66. The van der Waals surface area contributed by atoms with Crippen molar-refractivity contribution in [1.29, 1.82) is 0 Å². The molecule has 3 heterocycles. The number of morpholine rings is 1. The van der Waals surface area contributed by atoms with Crippen LogP contribution in [0.4, 0.5) is 10.1 Å². The van der Waals surface area contributed by atoms with Gasteiger partial charge in [0.25, 0.3) is 17.7 Å². The van der Waals surface area contributed by atoms with Gasteiger partial charge in [-0.25, -0.2) is 4.39 Å². The Hall–Kier alpha value is -3.52. The van der Waals surface area contributed by atoms with Crippen molar-refractivity contribution in [2.75, 3.05) is 50.8 Å². The number of carbonyl (C=O) groups is 3. The molecular weight excluding hydrogens is 425 g/mol. The van der Waals surface area contributed by atoms with E-state index < -0.39 is 11.8 Å². The van der Waals surface area contributed by atoms with E-state index in [1.54, 1.807) is 35.2 Å². The zero-order valence-electron chi connectivity index (χ0n) is 18.1. The highest BCUT2D eigenvalue weighted by atomic mass is 19.1. The molecule has 3 aliphatic heterocycles. The number of anilines is 1. The number of amides is 3. The van der Waals surface area contributed by atoms with Crippen molar-refractivity contribution in [2.24, 2.45) is 0 Å². The Morgan fingerprint density at radius 2 is 1.67 bits per heavy atom. The molecule has 170 valence electrons. The monoisotopic (exact) mass is 449 g/mol. The van der Waals surface area contributed by atoms with Crippen LogP contribution in [-0.2, 0) is 11.2 Å². The van der Waals surface area contributed by atoms with Gasteiger partial charge in [-0.05, 0) is 47.9 Å². The second-order valence-electron chi connectivity index (χ2n) is 8.43. The van der Waals surface area contributed by atoms with Gasteiger partial charge in [-0.3, -0.25) is 19.3 Å². The van der Waals surface area contributed by atoms with Crippen molar-refractivity contribution in [3.05, 3.63) is 76.6 Å². The van der Waals surface area contributed by atoms with Crippen LogP contribution >= 0.6 is 0 Å².